The molecule has 25 heavy (non-hydrogen) atoms. The highest BCUT2D eigenvalue weighted by Crippen LogP contribution is 2.21. The molecule has 0 saturated heterocycles. The number of aryl methyl sites for hydroxylation is 1. The van der Waals surface area contributed by atoms with E-state index in [-0.39, 0.29) is 11.3 Å². The number of primary amides is 1. The standard InChI is InChI=1S/C18H15N3O4/c1-21-17(23)13-10-6-5-9-12(13)14(20-21)18(24)25-15(16(19)22)11-7-3-2-4-8-11/h2-10,15H,1H3,(H2,19,22)/t15-/m1/s1. The highest BCUT2D eigenvalue weighted by Gasteiger charge is 2.25. The second kappa shape index (κ2) is 6.56. The van der Waals surface area contributed by atoms with Gasteiger partial charge in [-0.3, -0.25) is 9.59 Å². The van der Waals surface area contributed by atoms with Crippen molar-refractivity contribution in [2.75, 3.05) is 0 Å². The number of nitrogens with two attached hydrogens (primary N) is 1. The number of nitrogens with zero attached hydrogens (tertiary/aromatic N) is 2. The molecule has 0 aliphatic carbocycles. The summed E-state index contributed by atoms with van der Waals surface area (Å²) in [6.07, 6.45) is -1.24. The molecule has 3 aromatic rings. The molecule has 1 atom stereocenters. The molecule has 1 heterocycles. The Morgan fingerprint density at radius 2 is 1.64 bits per heavy atom. The van der Waals surface area contributed by atoms with Crippen LogP contribution in [0.3, 0.4) is 0 Å². The fourth-order valence-corrected chi connectivity index (χ4v) is 2.53. The van der Waals surface area contributed by atoms with E-state index < -0.39 is 18.0 Å². The van der Waals surface area contributed by atoms with E-state index in [9.17, 15) is 14.4 Å². The largest absolute Gasteiger partial charge is 0.443 e. The van der Waals surface area contributed by atoms with Gasteiger partial charge in [-0.1, -0.05) is 48.5 Å². The highest BCUT2D eigenvalue weighted by atomic mass is 16.5. The highest BCUT2D eigenvalue weighted by molar-refractivity contribution is 6.02. The smallest absolute Gasteiger partial charge is 0.360 e. The van der Waals surface area contributed by atoms with Crippen LogP contribution in [0.4, 0.5) is 0 Å². The summed E-state index contributed by atoms with van der Waals surface area (Å²) in [5.74, 6) is -1.63. The van der Waals surface area contributed by atoms with Crippen molar-refractivity contribution in [1.82, 2.24) is 9.78 Å². The van der Waals surface area contributed by atoms with E-state index >= 15 is 0 Å². The molecule has 0 saturated carbocycles. The van der Waals surface area contributed by atoms with Crippen molar-refractivity contribution in [2.45, 2.75) is 6.10 Å². The summed E-state index contributed by atoms with van der Waals surface area (Å²) >= 11 is 0. The van der Waals surface area contributed by atoms with Crippen molar-refractivity contribution < 1.29 is 14.3 Å². The van der Waals surface area contributed by atoms with Gasteiger partial charge in [0.15, 0.2) is 5.69 Å². The molecule has 126 valence electrons. The first-order chi connectivity index (χ1) is 12.0. The molecule has 0 bridgehead atoms. The molecule has 2 aromatic carbocycles. The van der Waals surface area contributed by atoms with E-state index in [1.807, 2.05) is 0 Å². The summed E-state index contributed by atoms with van der Waals surface area (Å²) < 4.78 is 6.35. The number of hydrogen-bond acceptors (Lipinski definition) is 5. The summed E-state index contributed by atoms with van der Waals surface area (Å²) in [6.45, 7) is 0. The molecule has 0 aliphatic rings. The Bertz CT molecular complexity index is 1010. The van der Waals surface area contributed by atoms with Gasteiger partial charge in [0.05, 0.1) is 5.39 Å². The van der Waals surface area contributed by atoms with E-state index in [4.69, 9.17) is 10.5 Å². The predicted molar refractivity (Wildman–Crippen MR) is 90.8 cm³/mol. The summed E-state index contributed by atoms with van der Waals surface area (Å²) in [5.41, 5.74) is 5.44. The molecule has 0 spiro atoms. The average molecular weight is 337 g/mol. The number of carbonyl (C=O) groups excluding carboxylic acids is 2. The molecule has 0 unspecified atom stereocenters. The maximum atomic E-state index is 12.6. The van der Waals surface area contributed by atoms with Gasteiger partial charge in [-0.15, -0.1) is 0 Å². The molecule has 3 rings (SSSR count). The third kappa shape index (κ3) is 3.12. The third-order valence-electron chi connectivity index (χ3n) is 3.74. The van der Waals surface area contributed by atoms with Gasteiger partial charge in [0.1, 0.15) is 0 Å². The van der Waals surface area contributed by atoms with Crippen molar-refractivity contribution in [3.05, 3.63) is 76.2 Å². The number of benzene rings is 2. The van der Waals surface area contributed by atoms with E-state index in [1.54, 1.807) is 54.6 Å². The maximum absolute atomic E-state index is 12.6. The average Bonchev–Trinajstić information content (AvgIpc) is 2.63. The van der Waals surface area contributed by atoms with Gasteiger partial charge in [-0.2, -0.15) is 5.10 Å². The Balaban J connectivity index is 2.04. The minimum absolute atomic E-state index is 0.0557. The van der Waals surface area contributed by atoms with Crippen molar-refractivity contribution >= 4 is 22.6 Å². The number of hydrogen-bond donors (Lipinski definition) is 1. The Labute approximate surface area is 142 Å². The lowest BCUT2D eigenvalue weighted by Gasteiger charge is -2.15. The number of esters is 1. The van der Waals surface area contributed by atoms with E-state index in [1.165, 1.54) is 7.05 Å². The van der Waals surface area contributed by atoms with Gasteiger partial charge in [0.25, 0.3) is 11.5 Å². The number of rotatable bonds is 4. The van der Waals surface area contributed by atoms with E-state index in [2.05, 4.69) is 5.10 Å². The van der Waals surface area contributed by atoms with Crippen molar-refractivity contribution in [1.29, 1.82) is 0 Å². The summed E-state index contributed by atoms with van der Waals surface area (Å²) in [5, 5.41) is 4.67. The quantitative estimate of drug-likeness (QED) is 0.723. The lowest BCUT2D eigenvalue weighted by Crippen LogP contribution is -2.28. The first kappa shape index (κ1) is 16.4. The summed E-state index contributed by atoms with van der Waals surface area (Å²) in [4.78, 5) is 36.5. The van der Waals surface area contributed by atoms with Crippen molar-refractivity contribution in [2.24, 2.45) is 12.8 Å². The minimum Gasteiger partial charge on any atom is -0.443 e. The number of fused-ring (bicyclic) bond motifs is 1. The zero-order chi connectivity index (χ0) is 18.0. The van der Waals surface area contributed by atoms with Crippen LogP contribution in [0.2, 0.25) is 0 Å². The molecule has 0 fully saturated rings. The monoisotopic (exact) mass is 337 g/mol. The lowest BCUT2D eigenvalue weighted by molar-refractivity contribution is -0.127. The zero-order valence-electron chi connectivity index (χ0n) is 13.4. The molecule has 0 radical (unpaired) electrons. The fraction of sp³-hybridized carbons (Fsp3) is 0.111. The van der Waals surface area contributed by atoms with E-state index in [0.29, 0.717) is 16.3 Å². The normalized spacial score (nSPS) is 11.9. The van der Waals surface area contributed by atoms with Crippen molar-refractivity contribution in [3.63, 3.8) is 0 Å². The van der Waals surface area contributed by atoms with Crippen LogP contribution in [0.5, 0.6) is 0 Å². The topological polar surface area (TPSA) is 104 Å². The Morgan fingerprint density at radius 1 is 1.04 bits per heavy atom. The Hall–Kier alpha value is -3.48. The number of carbonyl (C=O) groups is 2. The van der Waals surface area contributed by atoms with Crippen LogP contribution in [-0.2, 0) is 16.6 Å². The minimum atomic E-state index is -1.24. The van der Waals surface area contributed by atoms with Crippen LogP contribution in [0, 0.1) is 0 Å². The molecule has 0 aliphatic heterocycles. The second-order valence-electron chi connectivity index (χ2n) is 5.42. The van der Waals surface area contributed by atoms with Crippen LogP contribution in [0.15, 0.2) is 59.4 Å². The van der Waals surface area contributed by atoms with Crippen LogP contribution in [-0.4, -0.2) is 21.7 Å². The molecule has 1 amide bonds. The number of ether oxygens (including phenoxy) is 1. The van der Waals surface area contributed by atoms with Gasteiger partial charge >= 0.3 is 5.97 Å². The Morgan fingerprint density at radius 3 is 2.28 bits per heavy atom. The predicted octanol–water partition coefficient (Wildman–Crippen LogP) is 1.32. The second-order valence-corrected chi connectivity index (χ2v) is 5.42. The van der Waals surface area contributed by atoms with Gasteiger partial charge < -0.3 is 10.5 Å². The maximum Gasteiger partial charge on any atom is 0.360 e. The van der Waals surface area contributed by atoms with Crippen LogP contribution in [0.25, 0.3) is 10.8 Å². The molecule has 7 nitrogen and oxygen atoms in total. The van der Waals surface area contributed by atoms with Crippen LogP contribution < -0.4 is 11.3 Å². The number of amides is 1. The van der Waals surface area contributed by atoms with Gasteiger partial charge in [-0.05, 0) is 6.07 Å². The van der Waals surface area contributed by atoms with Gasteiger partial charge in [0, 0.05) is 18.0 Å². The summed E-state index contributed by atoms with van der Waals surface area (Å²) in [6, 6.07) is 15.0. The van der Waals surface area contributed by atoms with Gasteiger partial charge in [-0.25, -0.2) is 9.48 Å². The molecular weight excluding hydrogens is 322 g/mol. The molecular formula is C18H15N3O4. The molecule has 2 N–H and O–H groups in total. The first-order valence-electron chi connectivity index (χ1n) is 7.50. The van der Waals surface area contributed by atoms with Gasteiger partial charge in [0.2, 0.25) is 6.10 Å². The SMILES string of the molecule is Cn1nc(C(=O)O[C@@H](C(N)=O)c2ccccc2)c2ccccc2c1=O. The molecule has 7 heteroatoms. The zero-order valence-corrected chi connectivity index (χ0v) is 13.4. The van der Waals surface area contributed by atoms with Crippen molar-refractivity contribution in [3.8, 4) is 0 Å². The lowest BCUT2D eigenvalue weighted by atomic mass is 10.1. The van der Waals surface area contributed by atoms with Crippen LogP contribution in [0.1, 0.15) is 22.2 Å². The first-order valence-corrected chi connectivity index (χ1v) is 7.50. The summed E-state index contributed by atoms with van der Waals surface area (Å²) in [7, 11) is 1.44. The fourth-order valence-electron chi connectivity index (χ4n) is 2.53. The van der Waals surface area contributed by atoms with Crippen LogP contribution >= 0.6 is 0 Å². The Kier molecular flexibility index (Phi) is 4.30. The number of aromatic nitrogens is 2. The third-order valence-corrected chi connectivity index (χ3v) is 3.74. The van der Waals surface area contributed by atoms with E-state index in [0.717, 1.165) is 4.68 Å². The molecule has 1 aromatic heterocycles.